The Bertz CT molecular complexity index is 384. The zero-order valence-electron chi connectivity index (χ0n) is 12.0. The number of halogens is 1. The summed E-state index contributed by atoms with van der Waals surface area (Å²) in [5, 5.41) is 0. The summed E-state index contributed by atoms with van der Waals surface area (Å²) in [4.78, 5) is 2.63. The SMILES string of the molecule is CC(C)CCN(C1CC1)C(CN)c1ccc(Br)cc1. The summed E-state index contributed by atoms with van der Waals surface area (Å²) in [5.74, 6) is 0.754. The van der Waals surface area contributed by atoms with Crippen LogP contribution in [-0.2, 0) is 0 Å². The van der Waals surface area contributed by atoms with E-state index in [0.717, 1.165) is 16.4 Å². The van der Waals surface area contributed by atoms with Crippen LogP contribution in [0.5, 0.6) is 0 Å². The molecule has 0 amide bonds. The van der Waals surface area contributed by atoms with Crippen molar-refractivity contribution in [3.05, 3.63) is 34.3 Å². The smallest absolute Gasteiger partial charge is 0.0473 e. The zero-order chi connectivity index (χ0) is 13.8. The van der Waals surface area contributed by atoms with Gasteiger partial charge >= 0.3 is 0 Å². The summed E-state index contributed by atoms with van der Waals surface area (Å²) >= 11 is 3.50. The van der Waals surface area contributed by atoms with E-state index in [4.69, 9.17) is 5.73 Å². The van der Waals surface area contributed by atoms with Crippen molar-refractivity contribution in [1.29, 1.82) is 0 Å². The molecule has 1 aliphatic carbocycles. The average Bonchev–Trinajstić information content (AvgIpc) is 3.20. The predicted octanol–water partition coefficient (Wildman–Crippen LogP) is 3.96. The minimum absolute atomic E-state index is 0.374. The average molecular weight is 325 g/mol. The Morgan fingerprint density at radius 1 is 1.26 bits per heavy atom. The Morgan fingerprint density at radius 2 is 1.89 bits per heavy atom. The van der Waals surface area contributed by atoms with Gasteiger partial charge in [0.15, 0.2) is 0 Å². The largest absolute Gasteiger partial charge is 0.329 e. The number of hydrogen-bond donors (Lipinski definition) is 1. The molecule has 1 atom stereocenters. The standard InChI is InChI=1S/C16H25BrN2/c1-12(2)9-10-19(15-7-8-15)16(11-18)13-3-5-14(17)6-4-13/h3-6,12,15-16H,7-11,18H2,1-2H3. The third-order valence-electron chi connectivity index (χ3n) is 3.86. The maximum Gasteiger partial charge on any atom is 0.0473 e. The van der Waals surface area contributed by atoms with Gasteiger partial charge in [-0.05, 0) is 49.4 Å². The molecule has 0 spiro atoms. The first-order valence-electron chi connectivity index (χ1n) is 7.33. The predicted molar refractivity (Wildman–Crippen MR) is 85.1 cm³/mol. The van der Waals surface area contributed by atoms with Crippen molar-refractivity contribution >= 4 is 15.9 Å². The lowest BCUT2D eigenvalue weighted by Gasteiger charge is -2.32. The fourth-order valence-corrected chi connectivity index (χ4v) is 2.82. The summed E-state index contributed by atoms with van der Waals surface area (Å²) in [5.41, 5.74) is 7.41. The third-order valence-corrected chi connectivity index (χ3v) is 4.39. The number of hydrogen-bond acceptors (Lipinski definition) is 2. The number of nitrogens with zero attached hydrogens (tertiary/aromatic N) is 1. The van der Waals surface area contributed by atoms with Crippen LogP contribution < -0.4 is 5.73 Å². The minimum atomic E-state index is 0.374. The van der Waals surface area contributed by atoms with Crippen LogP contribution in [0.15, 0.2) is 28.7 Å². The number of nitrogens with two attached hydrogens (primary N) is 1. The van der Waals surface area contributed by atoms with Gasteiger partial charge in [0, 0.05) is 23.1 Å². The molecule has 0 saturated heterocycles. The summed E-state index contributed by atoms with van der Waals surface area (Å²) in [6.45, 7) is 6.46. The molecule has 0 aliphatic heterocycles. The normalized spacial score (nSPS) is 17.2. The Morgan fingerprint density at radius 3 is 2.37 bits per heavy atom. The molecule has 0 bridgehead atoms. The van der Waals surface area contributed by atoms with Crippen molar-refractivity contribution in [3.8, 4) is 0 Å². The highest BCUT2D eigenvalue weighted by Gasteiger charge is 2.33. The van der Waals surface area contributed by atoms with E-state index in [0.29, 0.717) is 12.6 Å². The summed E-state index contributed by atoms with van der Waals surface area (Å²) in [6, 6.07) is 9.77. The molecule has 0 aromatic heterocycles. The fraction of sp³-hybridized carbons (Fsp3) is 0.625. The summed E-state index contributed by atoms with van der Waals surface area (Å²) in [6.07, 6.45) is 3.93. The second-order valence-electron chi connectivity index (χ2n) is 5.95. The first-order valence-corrected chi connectivity index (χ1v) is 8.12. The fourth-order valence-electron chi connectivity index (χ4n) is 2.55. The quantitative estimate of drug-likeness (QED) is 0.822. The van der Waals surface area contributed by atoms with Gasteiger partial charge in [0.1, 0.15) is 0 Å². The lowest BCUT2D eigenvalue weighted by Crippen LogP contribution is -2.36. The van der Waals surface area contributed by atoms with Crippen LogP contribution in [0.2, 0.25) is 0 Å². The van der Waals surface area contributed by atoms with Crippen LogP contribution in [0.25, 0.3) is 0 Å². The highest BCUT2D eigenvalue weighted by Crippen LogP contribution is 2.34. The van der Waals surface area contributed by atoms with E-state index in [1.807, 2.05) is 0 Å². The molecule has 2 nitrogen and oxygen atoms in total. The third kappa shape index (κ3) is 4.30. The van der Waals surface area contributed by atoms with Crippen molar-refractivity contribution < 1.29 is 0 Å². The molecule has 1 unspecified atom stereocenters. The van der Waals surface area contributed by atoms with Gasteiger partial charge in [0.25, 0.3) is 0 Å². The molecule has 1 aromatic rings. The van der Waals surface area contributed by atoms with Gasteiger partial charge in [0.05, 0.1) is 0 Å². The first kappa shape index (κ1) is 15.0. The highest BCUT2D eigenvalue weighted by molar-refractivity contribution is 9.10. The Hall–Kier alpha value is -0.380. The molecule has 1 fully saturated rings. The molecule has 106 valence electrons. The molecule has 2 N–H and O–H groups in total. The molecular weight excluding hydrogens is 300 g/mol. The van der Waals surface area contributed by atoms with Gasteiger partial charge in [0.2, 0.25) is 0 Å². The van der Waals surface area contributed by atoms with Crippen LogP contribution in [0.4, 0.5) is 0 Å². The molecule has 19 heavy (non-hydrogen) atoms. The van der Waals surface area contributed by atoms with E-state index < -0.39 is 0 Å². The van der Waals surface area contributed by atoms with Gasteiger partial charge < -0.3 is 5.73 Å². The van der Waals surface area contributed by atoms with Crippen LogP contribution >= 0.6 is 15.9 Å². The second-order valence-corrected chi connectivity index (χ2v) is 6.87. The molecule has 0 heterocycles. The molecule has 3 heteroatoms. The minimum Gasteiger partial charge on any atom is -0.329 e. The van der Waals surface area contributed by atoms with Crippen LogP contribution in [0.3, 0.4) is 0 Å². The van der Waals surface area contributed by atoms with Crippen molar-refractivity contribution in [2.75, 3.05) is 13.1 Å². The van der Waals surface area contributed by atoms with Crippen molar-refractivity contribution in [3.63, 3.8) is 0 Å². The van der Waals surface area contributed by atoms with E-state index in [1.165, 1.54) is 31.4 Å². The van der Waals surface area contributed by atoms with E-state index >= 15 is 0 Å². The van der Waals surface area contributed by atoms with E-state index in [9.17, 15) is 0 Å². The zero-order valence-corrected chi connectivity index (χ0v) is 13.6. The maximum atomic E-state index is 6.06. The maximum absolute atomic E-state index is 6.06. The Balaban J connectivity index is 2.10. The van der Waals surface area contributed by atoms with Gasteiger partial charge in [-0.3, -0.25) is 4.90 Å². The summed E-state index contributed by atoms with van der Waals surface area (Å²) in [7, 11) is 0. The van der Waals surface area contributed by atoms with E-state index in [-0.39, 0.29) is 0 Å². The monoisotopic (exact) mass is 324 g/mol. The topological polar surface area (TPSA) is 29.3 Å². The Labute approximate surface area is 125 Å². The molecule has 1 aliphatic rings. The molecule has 2 rings (SSSR count). The van der Waals surface area contributed by atoms with Crippen molar-refractivity contribution in [2.24, 2.45) is 11.7 Å². The van der Waals surface area contributed by atoms with Crippen molar-refractivity contribution in [2.45, 2.75) is 45.2 Å². The second kappa shape index (κ2) is 6.87. The summed E-state index contributed by atoms with van der Waals surface area (Å²) < 4.78 is 1.13. The number of rotatable bonds is 7. The van der Waals surface area contributed by atoms with Gasteiger partial charge in [-0.15, -0.1) is 0 Å². The van der Waals surface area contributed by atoms with Crippen LogP contribution in [-0.4, -0.2) is 24.0 Å². The lowest BCUT2D eigenvalue weighted by molar-refractivity contribution is 0.181. The van der Waals surface area contributed by atoms with Crippen LogP contribution in [0, 0.1) is 5.92 Å². The van der Waals surface area contributed by atoms with Gasteiger partial charge in [-0.2, -0.15) is 0 Å². The molecule has 1 saturated carbocycles. The molecular formula is C16H25BrN2. The van der Waals surface area contributed by atoms with Gasteiger partial charge in [-0.1, -0.05) is 41.9 Å². The van der Waals surface area contributed by atoms with Gasteiger partial charge in [-0.25, -0.2) is 0 Å². The van der Waals surface area contributed by atoms with Crippen molar-refractivity contribution in [1.82, 2.24) is 4.90 Å². The van der Waals surface area contributed by atoms with E-state index in [1.54, 1.807) is 0 Å². The lowest BCUT2D eigenvalue weighted by atomic mass is 10.0. The molecule has 1 aromatic carbocycles. The first-order chi connectivity index (χ1) is 9.11. The molecule has 0 radical (unpaired) electrons. The van der Waals surface area contributed by atoms with Crippen LogP contribution in [0.1, 0.15) is 44.7 Å². The number of benzene rings is 1. The highest BCUT2D eigenvalue weighted by atomic mass is 79.9. The van der Waals surface area contributed by atoms with E-state index in [2.05, 4.69) is 58.9 Å². The Kier molecular flexibility index (Phi) is 5.43.